The number of fused-ring (bicyclic) bond motifs is 1. The number of nitrogens with zero attached hydrogens (tertiary/aromatic N) is 1. The zero-order valence-electron chi connectivity index (χ0n) is 15.0. The number of likely N-dealkylation sites (N-methyl/N-ethyl adjacent to an activating group) is 1. The van der Waals surface area contributed by atoms with Crippen molar-refractivity contribution in [2.24, 2.45) is 0 Å². The van der Waals surface area contributed by atoms with Crippen molar-refractivity contribution in [3.63, 3.8) is 0 Å². The van der Waals surface area contributed by atoms with Crippen LogP contribution in [0.1, 0.15) is 30.4 Å². The van der Waals surface area contributed by atoms with Gasteiger partial charge >= 0.3 is 0 Å². The summed E-state index contributed by atoms with van der Waals surface area (Å²) >= 11 is 7.50. The number of rotatable bonds is 6. The van der Waals surface area contributed by atoms with Gasteiger partial charge in [-0.05, 0) is 59.8 Å². The molecule has 1 aliphatic heterocycles. The van der Waals surface area contributed by atoms with E-state index in [1.807, 2.05) is 24.3 Å². The number of ether oxygens (including phenoxy) is 1. The van der Waals surface area contributed by atoms with Crippen molar-refractivity contribution in [3.05, 3.63) is 52.5 Å². The number of halogens is 1. The average molecular weight is 391 g/mol. The number of hydrogen-bond donors (Lipinski definition) is 1. The molecule has 0 saturated heterocycles. The molecule has 138 valence electrons. The molecule has 1 amide bonds. The Balaban J connectivity index is 1.86. The highest BCUT2D eigenvalue weighted by Gasteiger charge is 2.24. The molecular formula is C20H23ClN2O2S. The van der Waals surface area contributed by atoms with E-state index in [-0.39, 0.29) is 5.92 Å². The van der Waals surface area contributed by atoms with Crippen LogP contribution in [0, 0.1) is 0 Å². The van der Waals surface area contributed by atoms with Gasteiger partial charge in [-0.1, -0.05) is 31.0 Å². The maximum atomic E-state index is 10.5. The number of carbonyl (C=O) groups is 1. The van der Waals surface area contributed by atoms with E-state index in [1.165, 1.54) is 23.1 Å². The fourth-order valence-corrected chi connectivity index (χ4v) is 4.08. The van der Waals surface area contributed by atoms with Crippen molar-refractivity contribution >= 4 is 35.6 Å². The van der Waals surface area contributed by atoms with Crippen molar-refractivity contribution in [3.8, 4) is 5.75 Å². The van der Waals surface area contributed by atoms with Crippen LogP contribution >= 0.6 is 23.5 Å². The summed E-state index contributed by atoms with van der Waals surface area (Å²) in [5.74, 6) is 1.15. The molecule has 6 heteroatoms. The van der Waals surface area contributed by atoms with Crippen LogP contribution in [-0.2, 0) is 11.2 Å². The first-order valence-electron chi connectivity index (χ1n) is 8.74. The van der Waals surface area contributed by atoms with Crippen LogP contribution in [0.3, 0.4) is 0 Å². The number of anilines is 1. The van der Waals surface area contributed by atoms with Crippen LogP contribution in [0.5, 0.6) is 5.75 Å². The first-order chi connectivity index (χ1) is 12.6. The third-order valence-electron chi connectivity index (χ3n) is 4.56. The fourth-order valence-electron chi connectivity index (χ4n) is 3.39. The Kier molecular flexibility index (Phi) is 6.33. The molecule has 2 aromatic rings. The fraction of sp³-hybridized carbons (Fsp3) is 0.350. The smallest absolute Gasteiger partial charge is 0.217 e. The molecule has 26 heavy (non-hydrogen) atoms. The highest BCUT2D eigenvalue weighted by Crippen LogP contribution is 2.37. The number of hydrogen-bond acceptors (Lipinski definition) is 4. The second kappa shape index (κ2) is 8.69. The predicted octanol–water partition coefficient (Wildman–Crippen LogP) is 4.66. The van der Waals surface area contributed by atoms with Gasteiger partial charge in [-0.15, -0.1) is 0 Å². The summed E-state index contributed by atoms with van der Waals surface area (Å²) < 4.78 is 8.76. The van der Waals surface area contributed by atoms with Gasteiger partial charge < -0.3 is 9.64 Å². The quantitative estimate of drug-likeness (QED) is 0.575. The van der Waals surface area contributed by atoms with Crippen molar-refractivity contribution in [2.75, 3.05) is 25.1 Å². The maximum absolute atomic E-state index is 10.5. The molecule has 2 aromatic carbocycles. The second-order valence-electron chi connectivity index (χ2n) is 6.45. The van der Waals surface area contributed by atoms with Gasteiger partial charge in [0.05, 0.1) is 12.3 Å². The number of aryl methyl sites for hydroxylation is 1. The normalized spacial score (nSPS) is 16.4. The summed E-state index contributed by atoms with van der Waals surface area (Å²) in [5.41, 5.74) is 3.66. The summed E-state index contributed by atoms with van der Waals surface area (Å²) in [5, 5.41) is 0.785. The lowest BCUT2D eigenvalue weighted by molar-refractivity contribution is -0.107. The summed E-state index contributed by atoms with van der Waals surface area (Å²) in [6.45, 7) is 3.68. The second-order valence-corrected chi connectivity index (χ2v) is 7.80. The predicted molar refractivity (Wildman–Crippen MR) is 108 cm³/mol. The molecule has 1 aliphatic rings. The van der Waals surface area contributed by atoms with Crippen LogP contribution in [0.4, 0.5) is 5.69 Å². The van der Waals surface area contributed by atoms with E-state index in [0.29, 0.717) is 13.0 Å². The van der Waals surface area contributed by atoms with Crippen LogP contribution in [-0.4, -0.2) is 26.6 Å². The molecule has 0 spiro atoms. The third-order valence-corrected chi connectivity index (χ3v) is 5.50. The molecule has 3 rings (SSSR count). The Morgan fingerprint density at radius 2 is 2.19 bits per heavy atom. The maximum Gasteiger partial charge on any atom is 0.217 e. The van der Waals surface area contributed by atoms with Gasteiger partial charge in [0.1, 0.15) is 5.75 Å². The third kappa shape index (κ3) is 4.27. The Bertz CT molecular complexity index is 784. The molecule has 0 fully saturated rings. The SMILES string of the molecule is CCCc1cc(Cl)ccc1C1COc2ccc(SNC=O)cc2N(C)C1. The van der Waals surface area contributed by atoms with Crippen molar-refractivity contribution < 1.29 is 9.53 Å². The average Bonchev–Trinajstić information content (AvgIpc) is 2.79. The minimum atomic E-state index is 0.274. The topological polar surface area (TPSA) is 41.6 Å². The molecule has 0 aromatic heterocycles. The summed E-state index contributed by atoms with van der Waals surface area (Å²) in [6.07, 6.45) is 2.78. The monoisotopic (exact) mass is 390 g/mol. The van der Waals surface area contributed by atoms with Crippen LogP contribution in [0.2, 0.25) is 5.02 Å². The van der Waals surface area contributed by atoms with Gasteiger partial charge in [0, 0.05) is 29.4 Å². The van der Waals surface area contributed by atoms with E-state index in [9.17, 15) is 4.79 Å². The van der Waals surface area contributed by atoms with Gasteiger partial charge in [0.15, 0.2) is 0 Å². The molecule has 1 unspecified atom stereocenters. The summed E-state index contributed by atoms with van der Waals surface area (Å²) in [6, 6.07) is 12.2. The van der Waals surface area contributed by atoms with Crippen molar-refractivity contribution in [1.29, 1.82) is 0 Å². The first kappa shape index (κ1) is 18.9. The summed E-state index contributed by atoms with van der Waals surface area (Å²) in [7, 11) is 2.08. The molecule has 1 atom stereocenters. The lowest BCUT2D eigenvalue weighted by atomic mass is 9.92. The standard InChI is InChI=1S/C20H23ClN2O2S/c1-3-4-14-9-16(21)5-7-18(14)15-11-23(2)19-10-17(26-22-13-24)6-8-20(19)25-12-15/h5-10,13,15H,3-4,11-12H2,1-2H3,(H,22,24). The molecule has 0 bridgehead atoms. The molecule has 0 saturated carbocycles. The Morgan fingerprint density at radius 1 is 1.35 bits per heavy atom. The summed E-state index contributed by atoms with van der Waals surface area (Å²) in [4.78, 5) is 13.7. The Morgan fingerprint density at radius 3 is 2.96 bits per heavy atom. The lowest BCUT2D eigenvalue weighted by Crippen LogP contribution is -2.25. The molecule has 4 nitrogen and oxygen atoms in total. The highest BCUT2D eigenvalue weighted by atomic mass is 35.5. The Hall–Kier alpha value is -1.85. The Labute approximate surface area is 164 Å². The minimum Gasteiger partial charge on any atom is -0.491 e. The lowest BCUT2D eigenvalue weighted by Gasteiger charge is -2.24. The van der Waals surface area contributed by atoms with Crippen LogP contribution < -0.4 is 14.4 Å². The molecular weight excluding hydrogens is 368 g/mol. The minimum absolute atomic E-state index is 0.274. The molecule has 1 heterocycles. The van der Waals surface area contributed by atoms with Crippen LogP contribution in [0.15, 0.2) is 41.3 Å². The number of carbonyl (C=O) groups excluding carboxylic acids is 1. The van der Waals surface area contributed by atoms with Gasteiger partial charge in [0.2, 0.25) is 6.41 Å². The van der Waals surface area contributed by atoms with E-state index in [2.05, 4.69) is 35.7 Å². The van der Waals surface area contributed by atoms with Gasteiger partial charge in [-0.25, -0.2) is 0 Å². The van der Waals surface area contributed by atoms with E-state index in [1.54, 1.807) is 0 Å². The molecule has 0 aliphatic carbocycles. The van der Waals surface area contributed by atoms with E-state index in [4.69, 9.17) is 16.3 Å². The zero-order valence-corrected chi connectivity index (χ0v) is 16.6. The number of amides is 1. The number of benzene rings is 2. The van der Waals surface area contributed by atoms with E-state index in [0.717, 1.165) is 40.7 Å². The first-order valence-corrected chi connectivity index (χ1v) is 9.94. The number of nitrogens with one attached hydrogen (secondary N) is 1. The van der Waals surface area contributed by atoms with Crippen molar-refractivity contribution in [1.82, 2.24) is 4.72 Å². The van der Waals surface area contributed by atoms with E-state index < -0.39 is 0 Å². The van der Waals surface area contributed by atoms with Gasteiger partial charge in [-0.2, -0.15) is 0 Å². The molecule has 1 N–H and O–H groups in total. The zero-order chi connectivity index (χ0) is 18.5. The highest BCUT2D eigenvalue weighted by molar-refractivity contribution is 7.97. The molecule has 0 radical (unpaired) electrons. The van der Waals surface area contributed by atoms with E-state index >= 15 is 0 Å². The van der Waals surface area contributed by atoms with Gasteiger partial charge in [-0.3, -0.25) is 9.52 Å². The largest absolute Gasteiger partial charge is 0.491 e. The van der Waals surface area contributed by atoms with Crippen LogP contribution in [0.25, 0.3) is 0 Å². The van der Waals surface area contributed by atoms with Crippen molar-refractivity contribution in [2.45, 2.75) is 30.6 Å². The van der Waals surface area contributed by atoms with Gasteiger partial charge in [0.25, 0.3) is 0 Å².